The number of carboxylic acids is 1. The van der Waals surface area contributed by atoms with Crippen LogP contribution in [-0.4, -0.2) is 22.2 Å². The number of benzene rings is 1. The lowest BCUT2D eigenvalue weighted by molar-refractivity contribution is -0.131. The molecule has 0 amide bonds. The summed E-state index contributed by atoms with van der Waals surface area (Å²) in [6.45, 7) is 3.34. The van der Waals surface area contributed by atoms with Crippen molar-refractivity contribution in [3.63, 3.8) is 0 Å². The van der Waals surface area contributed by atoms with Gasteiger partial charge in [-0.15, -0.1) is 0 Å². The predicted molar refractivity (Wildman–Crippen MR) is 74.5 cm³/mol. The Morgan fingerprint density at radius 3 is 3.00 bits per heavy atom. The number of hydrogen-bond donors (Lipinski definition) is 1. The SMILES string of the molecule is CCCOc1ccc2c(ccn2C/C=C/C(=O)O)c1. The third-order valence-corrected chi connectivity index (χ3v) is 2.78. The summed E-state index contributed by atoms with van der Waals surface area (Å²) in [7, 11) is 0. The second kappa shape index (κ2) is 6.09. The Morgan fingerprint density at radius 2 is 2.26 bits per heavy atom. The molecule has 4 heteroatoms. The van der Waals surface area contributed by atoms with Crippen molar-refractivity contribution >= 4 is 16.9 Å². The summed E-state index contributed by atoms with van der Waals surface area (Å²) in [5.41, 5.74) is 1.07. The first-order chi connectivity index (χ1) is 9.20. The van der Waals surface area contributed by atoms with Crippen molar-refractivity contribution in [3.05, 3.63) is 42.6 Å². The fourth-order valence-corrected chi connectivity index (χ4v) is 1.91. The van der Waals surface area contributed by atoms with Crippen molar-refractivity contribution in [1.29, 1.82) is 0 Å². The van der Waals surface area contributed by atoms with Crippen LogP contribution in [0.3, 0.4) is 0 Å². The van der Waals surface area contributed by atoms with Gasteiger partial charge in [0, 0.05) is 29.7 Å². The molecule has 0 aliphatic heterocycles. The maximum atomic E-state index is 10.4. The smallest absolute Gasteiger partial charge is 0.328 e. The van der Waals surface area contributed by atoms with Crippen LogP contribution in [0.25, 0.3) is 10.9 Å². The zero-order chi connectivity index (χ0) is 13.7. The molecule has 1 heterocycles. The number of aromatic nitrogens is 1. The van der Waals surface area contributed by atoms with E-state index in [-0.39, 0.29) is 0 Å². The van der Waals surface area contributed by atoms with E-state index in [2.05, 4.69) is 6.92 Å². The zero-order valence-electron chi connectivity index (χ0n) is 10.9. The number of rotatable bonds is 6. The summed E-state index contributed by atoms with van der Waals surface area (Å²) in [4.78, 5) is 10.4. The molecule has 1 N–H and O–H groups in total. The highest BCUT2D eigenvalue weighted by atomic mass is 16.5. The van der Waals surface area contributed by atoms with Crippen LogP contribution in [0.4, 0.5) is 0 Å². The molecule has 0 saturated carbocycles. The van der Waals surface area contributed by atoms with Gasteiger partial charge >= 0.3 is 5.97 Å². The number of carboxylic acid groups (broad SMARTS) is 1. The Kier molecular flexibility index (Phi) is 4.23. The maximum Gasteiger partial charge on any atom is 0.328 e. The monoisotopic (exact) mass is 259 g/mol. The van der Waals surface area contributed by atoms with E-state index in [1.165, 1.54) is 0 Å². The Balaban J connectivity index is 2.17. The van der Waals surface area contributed by atoms with Crippen molar-refractivity contribution in [3.8, 4) is 5.75 Å². The topological polar surface area (TPSA) is 51.5 Å². The molecule has 100 valence electrons. The zero-order valence-corrected chi connectivity index (χ0v) is 10.9. The van der Waals surface area contributed by atoms with E-state index >= 15 is 0 Å². The average Bonchev–Trinajstić information content (AvgIpc) is 2.79. The van der Waals surface area contributed by atoms with Crippen LogP contribution < -0.4 is 4.74 Å². The quantitative estimate of drug-likeness (QED) is 0.811. The molecule has 0 aliphatic rings. The lowest BCUT2D eigenvalue weighted by atomic mass is 10.2. The van der Waals surface area contributed by atoms with Crippen molar-refractivity contribution in [2.75, 3.05) is 6.61 Å². The van der Waals surface area contributed by atoms with E-state index in [0.29, 0.717) is 13.2 Å². The van der Waals surface area contributed by atoms with Gasteiger partial charge in [-0.1, -0.05) is 13.0 Å². The largest absolute Gasteiger partial charge is 0.494 e. The van der Waals surface area contributed by atoms with Crippen LogP contribution in [0, 0.1) is 0 Å². The lowest BCUT2D eigenvalue weighted by Gasteiger charge is -2.05. The summed E-state index contributed by atoms with van der Waals surface area (Å²) in [5, 5.41) is 9.66. The predicted octanol–water partition coefficient (Wildman–Crippen LogP) is 3.07. The van der Waals surface area contributed by atoms with Crippen LogP contribution >= 0.6 is 0 Å². The summed E-state index contributed by atoms with van der Waals surface area (Å²) >= 11 is 0. The molecule has 0 bridgehead atoms. The molecular weight excluding hydrogens is 242 g/mol. The van der Waals surface area contributed by atoms with Crippen LogP contribution in [-0.2, 0) is 11.3 Å². The molecule has 0 spiro atoms. The molecule has 1 aromatic carbocycles. The molecule has 0 saturated heterocycles. The number of aliphatic carboxylic acids is 1. The van der Waals surface area contributed by atoms with Gasteiger partial charge in [-0.3, -0.25) is 0 Å². The molecule has 19 heavy (non-hydrogen) atoms. The lowest BCUT2D eigenvalue weighted by Crippen LogP contribution is -1.96. The van der Waals surface area contributed by atoms with E-state index in [1.54, 1.807) is 6.08 Å². The third kappa shape index (κ3) is 3.37. The molecule has 2 rings (SSSR count). The third-order valence-electron chi connectivity index (χ3n) is 2.78. The first-order valence-electron chi connectivity index (χ1n) is 6.32. The highest BCUT2D eigenvalue weighted by Gasteiger charge is 2.02. The molecule has 2 aromatic rings. The normalized spacial score (nSPS) is 11.2. The second-order valence-electron chi connectivity index (χ2n) is 4.28. The Morgan fingerprint density at radius 1 is 1.42 bits per heavy atom. The van der Waals surface area contributed by atoms with E-state index in [0.717, 1.165) is 29.1 Å². The van der Waals surface area contributed by atoms with Crippen LogP contribution in [0.5, 0.6) is 5.75 Å². The number of fused-ring (bicyclic) bond motifs is 1. The minimum Gasteiger partial charge on any atom is -0.494 e. The van der Waals surface area contributed by atoms with Gasteiger partial charge in [0.1, 0.15) is 5.75 Å². The fourth-order valence-electron chi connectivity index (χ4n) is 1.91. The molecule has 1 aromatic heterocycles. The highest BCUT2D eigenvalue weighted by molar-refractivity contribution is 5.82. The average molecular weight is 259 g/mol. The molecule has 0 fully saturated rings. The Labute approximate surface area is 111 Å². The Bertz CT molecular complexity index is 598. The van der Waals surface area contributed by atoms with Gasteiger partial charge in [-0.25, -0.2) is 4.79 Å². The van der Waals surface area contributed by atoms with Gasteiger partial charge < -0.3 is 14.4 Å². The van der Waals surface area contributed by atoms with E-state index < -0.39 is 5.97 Å². The van der Waals surface area contributed by atoms with Crippen LogP contribution in [0.1, 0.15) is 13.3 Å². The summed E-state index contributed by atoms with van der Waals surface area (Å²) < 4.78 is 7.58. The molecule has 0 unspecified atom stereocenters. The number of ether oxygens (including phenoxy) is 1. The number of hydrogen-bond acceptors (Lipinski definition) is 2. The maximum absolute atomic E-state index is 10.4. The molecule has 4 nitrogen and oxygen atoms in total. The number of allylic oxidation sites excluding steroid dienone is 1. The summed E-state index contributed by atoms with van der Waals surface area (Å²) in [6.07, 6.45) is 5.72. The van der Waals surface area contributed by atoms with Crippen molar-refractivity contribution in [2.24, 2.45) is 0 Å². The first kappa shape index (κ1) is 13.2. The summed E-state index contributed by atoms with van der Waals surface area (Å²) in [5.74, 6) is -0.0557. The van der Waals surface area contributed by atoms with Gasteiger partial charge in [-0.2, -0.15) is 0 Å². The summed E-state index contributed by atoms with van der Waals surface area (Å²) in [6, 6.07) is 7.94. The van der Waals surface area contributed by atoms with E-state index in [4.69, 9.17) is 9.84 Å². The molecule has 0 aliphatic carbocycles. The van der Waals surface area contributed by atoms with Gasteiger partial charge in [0.25, 0.3) is 0 Å². The fraction of sp³-hybridized carbons (Fsp3) is 0.267. The van der Waals surface area contributed by atoms with Crippen LogP contribution in [0.2, 0.25) is 0 Å². The van der Waals surface area contributed by atoms with Gasteiger partial charge in [0.2, 0.25) is 0 Å². The van der Waals surface area contributed by atoms with Crippen molar-refractivity contribution in [2.45, 2.75) is 19.9 Å². The minimum absolute atomic E-state index is 0.547. The van der Waals surface area contributed by atoms with Crippen LogP contribution in [0.15, 0.2) is 42.6 Å². The highest BCUT2D eigenvalue weighted by Crippen LogP contribution is 2.22. The second-order valence-corrected chi connectivity index (χ2v) is 4.28. The first-order valence-corrected chi connectivity index (χ1v) is 6.32. The molecule has 0 radical (unpaired) electrons. The standard InChI is InChI=1S/C15H17NO3/c1-2-10-19-13-5-6-14-12(11-13)7-9-16(14)8-3-4-15(17)18/h3-7,9,11H,2,8,10H2,1H3,(H,17,18)/b4-3+. The van der Waals surface area contributed by atoms with Gasteiger partial charge in [0.05, 0.1) is 6.61 Å². The molecule has 0 atom stereocenters. The van der Waals surface area contributed by atoms with Crippen molar-refractivity contribution < 1.29 is 14.6 Å². The van der Waals surface area contributed by atoms with Gasteiger partial charge in [0.15, 0.2) is 0 Å². The van der Waals surface area contributed by atoms with Gasteiger partial charge in [-0.05, 0) is 30.7 Å². The Hall–Kier alpha value is -2.23. The number of nitrogens with zero attached hydrogens (tertiary/aromatic N) is 1. The van der Waals surface area contributed by atoms with Crippen molar-refractivity contribution in [1.82, 2.24) is 4.57 Å². The van der Waals surface area contributed by atoms with E-state index in [1.807, 2.05) is 35.0 Å². The van der Waals surface area contributed by atoms with E-state index in [9.17, 15) is 4.79 Å². The molecular formula is C15H17NO3. The minimum atomic E-state index is -0.924. The number of carbonyl (C=O) groups is 1.